The van der Waals surface area contributed by atoms with Crippen LogP contribution in [0.3, 0.4) is 0 Å². The third-order valence-corrected chi connectivity index (χ3v) is 6.91. The van der Waals surface area contributed by atoms with E-state index in [9.17, 15) is 15.3 Å². The Hall–Kier alpha value is -3.97. The first-order chi connectivity index (χ1) is 18.6. The number of nitrogens with zero attached hydrogens (tertiary/aromatic N) is 7. The normalized spacial score (nSPS) is 22.3. The summed E-state index contributed by atoms with van der Waals surface area (Å²) in [6.07, 6.45) is 0.833. The Bertz CT molecular complexity index is 1520. The van der Waals surface area contributed by atoms with Crippen LogP contribution < -0.4 is 5.32 Å². The summed E-state index contributed by atoms with van der Waals surface area (Å²) in [5, 5.41) is 42.4. The van der Waals surface area contributed by atoms with Crippen LogP contribution in [0.25, 0.3) is 22.2 Å². The van der Waals surface area contributed by atoms with Crippen molar-refractivity contribution in [1.82, 2.24) is 34.5 Å². The summed E-state index contributed by atoms with van der Waals surface area (Å²) in [6.45, 7) is -0.417. The van der Waals surface area contributed by atoms with Crippen molar-refractivity contribution in [1.29, 1.82) is 0 Å². The van der Waals surface area contributed by atoms with E-state index in [2.05, 4.69) is 42.7 Å². The molecule has 1 aliphatic rings. The minimum absolute atomic E-state index is 0.275. The zero-order valence-electron chi connectivity index (χ0n) is 20.4. The third-order valence-electron chi connectivity index (χ3n) is 6.91. The summed E-state index contributed by atoms with van der Waals surface area (Å²) in [4.78, 5) is 13.3. The number of benzene rings is 2. The first-order valence-corrected chi connectivity index (χ1v) is 12.5. The molecule has 12 nitrogen and oxygen atoms in total. The molecular weight excluding hydrogens is 488 g/mol. The molecule has 0 bridgehead atoms. The number of imidazole rings is 1. The quantitative estimate of drug-likeness (QED) is 0.228. The predicted molar refractivity (Wildman–Crippen MR) is 138 cm³/mol. The Morgan fingerprint density at radius 3 is 2.61 bits per heavy atom. The Morgan fingerprint density at radius 2 is 1.79 bits per heavy atom. The zero-order valence-corrected chi connectivity index (χ0v) is 20.4. The molecule has 6 rings (SSSR count). The van der Waals surface area contributed by atoms with Gasteiger partial charge in [-0.2, -0.15) is 0 Å². The third kappa shape index (κ3) is 4.47. The van der Waals surface area contributed by atoms with Crippen LogP contribution >= 0.6 is 0 Å². The number of nitrogens with one attached hydrogen (secondary N) is 1. The second kappa shape index (κ2) is 10.4. The molecule has 0 aliphatic carbocycles. The fourth-order valence-electron chi connectivity index (χ4n) is 4.93. The van der Waals surface area contributed by atoms with Crippen molar-refractivity contribution in [3.63, 3.8) is 0 Å². The van der Waals surface area contributed by atoms with E-state index in [0.29, 0.717) is 17.0 Å². The number of hydrogen-bond acceptors (Lipinski definition) is 10. The van der Waals surface area contributed by atoms with Crippen LogP contribution in [0.1, 0.15) is 30.8 Å². The van der Waals surface area contributed by atoms with Gasteiger partial charge >= 0.3 is 0 Å². The molecule has 196 valence electrons. The molecule has 0 amide bonds. The average Bonchev–Trinajstić information content (AvgIpc) is 3.65. The van der Waals surface area contributed by atoms with E-state index in [1.807, 2.05) is 47.1 Å². The van der Waals surface area contributed by atoms with Gasteiger partial charge in [-0.3, -0.25) is 4.57 Å². The van der Waals surface area contributed by atoms with Gasteiger partial charge in [0, 0.05) is 0 Å². The molecule has 5 atom stereocenters. The number of aryl methyl sites for hydroxylation is 1. The molecule has 0 saturated carbocycles. The van der Waals surface area contributed by atoms with Crippen molar-refractivity contribution >= 4 is 28.0 Å². The van der Waals surface area contributed by atoms with Gasteiger partial charge < -0.3 is 25.4 Å². The highest BCUT2D eigenvalue weighted by Gasteiger charge is 2.44. The molecule has 2 aromatic carbocycles. The molecule has 1 aliphatic heterocycles. The van der Waals surface area contributed by atoms with Crippen molar-refractivity contribution in [2.24, 2.45) is 0 Å². The van der Waals surface area contributed by atoms with E-state index in [0.717, 1.165) is 30.3 Å². The highest BCUT2D eigenvalue weighted by molar-refractivity contribution is 5.83. The van der Waals surface area contributed by atoms with Crippen LogP contribution in [0, 0.1) is 0 Å². The second-order valence-electron chi connectivity index (χ2n) is 9.34. The Labute approximate surface area is 217 Å². The molecule has 3 aromatic heterocycles. The van der Waals surface area contributed by atoms with Gasteiger partial charge in [-0.15, -0.1) is 5.10 Å². The van der Waals surface area contributed by atoms with Gasteiger partial charge in [0.1, 0.15) is 36.3 Å². The van der Waals surface area contributed by atoms with Crippen LogP contribution in [0.2, 0.25) is 0 Å². The largest absolute Gasteiger partial charge is 0.394 e. The summed E-state index contributed by atoms with van der Waals surface area (Å²) < 4.78 is 9.08. The van der Waals surface area contributed by atoms with Gasteiger partial charge in [0.15, 0.2) is 23.2 Å². The van der Waals surface area contributed by atoms with Crippen LogP contribution in [-0.2, 0) is 11.2 Å². The van der Waals surface area contributed by atoms with Crippen molar-refractivity contribution in [2.75, 3.05) is 11.9 Å². The number of rotatable bonds is 9. The average molecular weight is 517 g/mol. The van der Waals surface area contributed by atoms with Gasteiger partial charge in [-0.1, -0.05) is 47.7 Å². The molecule has 0 spiro atoms. The van der Waals surface area contributed by atoms with Crippen LogP contribution in [0.15, 0.2) is 67.3 Å². The predicted octanol–water partition coefficient (Wildman–Crippen LogP) is 1.82. The number of para-hydroxylation sites is 1. The van der Waals surface area contributed by atoms with Gasteiger partial charge in [-0.05, 0) is 37.0 Å². The molecule has 4 heterocycles. The zero-order chi connectivity index (χ0) is 26.1. The summed E-state index contributed by atoms with van der Waals surface area (Å²) in [5.74, 6) is 0.491. The maximum atomic E-state index is 10.5. The van der Waals surface area contributed by atoms with E-state index in [-0.39, 0.29) is 6.17 Å². The number of aliphatic hydroxyl groups excluding tert-OH is 3. The summed E-state index contributed by atoms with van der Waals surface area (Å²) in [5.41, 5.74) is 3.85. The number of aliphatic hydroxyl groups is 3. The lowest BCUT2D eigenvalue weighted by molar-refractivity contribution is -0.0511. The Morgan fingerprint density at radius 1 is 0.974 bits per heavy atom. The van der Waals surface area contributed by atoms with Crippen molar-refractivity contribution in [3.05, 3.63) is 72.8 Å². The number of ether oxygens (including phenoxy) is 1. The summed E-state index contributed by atoms with van der Waals surface area (Å²) in [7, 11) is 0. The minimum atomic E-state index is -1.25. The van der Waals surface area contributed by atoms with Gasteiger partial charge in [0.25, 0.3) is 0 Å². The van der Waals surface area contributed by atoms with Crippen LogP contribution in [0.5, 0.6) is 0 Å². The van der Waals surface area contributed by atoms with Crippen molar-refractivity contribution in [2.45, 2.75) is 50.0 Å². The number of hydrogen-bond donors (Lipinski definition) is 4. The van der Waals surface area contributed by atoms with E-state index >= 15 is 0 Å². The first-order valence-electron chi connectivity index (χ1n) is 12.5. The van der Waals surface area contributed by atoms with Crippen LogP contribution in [-0.4, -0.2) is 74.8 Å². The summed E-state index contributed by atoms with van der Waals surface area (Å²) in [6, 6.07) is 18.1. The van der Waals surface area contributed by atoms with E-state index in [4.69, 9.17) is 4.74 Å². The summed E-state index contributed by atoms with van der Waals surface area (Å²) >= 11 is 0. The lowest BCUT2D eigenvalue weighted by Gasteiger charge is -2.20. The first kappa shape index (κ1) is 24.4. The molecule has 38 heavy (non-hydrogen) atoms. The van der Waals surface area contributed by atoms with Crippen molar-refractivity contribution in [3.8, 4) is 0 Å². The van der Waals surface area contributed by atoms with Gasteiger partial charge in [0.05, 0.1) is 18.5 Å². The smallest absolute Gasteiger partial charge is 0.167 e. The highest BCUT2D eigenvalue weighted by Crippen LogP contribution is 2.33. The Balaban J connectivity index is 1.31. The number of anilines is 1. The molecular formula is C26H28N8O4. The molecule has 1 saturated heterocycles. The highest BCUT2D eigenvalue weighted by atomic mass is 16.6. The molecule has 12 heteroatoms. The molecule has 5 aromatic rings. The molecule has 0 radical (unpaired) electrons. The van der Waals surface area contributed by atoms with Crippen LogP contribution in [0.4, 0.5) is 5.82 Å². The van der Waals surface area contributed by atoms with Gasteiger partial charge in [0.2, 0.25) is 0 Å². The second-order valence-corrected chi connectivity index (χ2v) is 9.34. The standard InChI is InChI=1S/C26H28N8O4/c35-13-19-22(36)23(37)26(38-19)33-15-29-21-24(27-14-28-25(21)33)30-20(12-6-9-16-7-2-1-3-8-16)34-18-11-5-4-10-17(18)31-32-34/h1-5,7-8,10-11,14-15,19-20,22-23,26,35-37H,6,9,12-13H2,(H,27,28,30)/t19-,20?,22-,23-,26-/m1/s1. The minimum Gasteiger partial charge on any atom is -0.394 e. The molecule has 1 fully saturated rings. The number of fused-ring (bicyclic) bond motifs is 2. The Kier molecular flexibility index (Phi) is 6.68. The molecule has 4 N–H and O–H groups in total. The van der Waals surface area contributed by atoms with E-state index < -0.39 is 31.1 Å². The van der Waals surface area contributed by atoms with Crippen molar-refractivity contribution < 1.29 is 20.1 Å². The fourth-order valence-corrected chi connectivity index (χ4v) is 4.93. The SMILES string of the molecule is OC[C@H]1O[C@@H](n2cnc3c(NC(CCCc4ccccc4)n4nnc5ccccc54)ncnc32)[C@H](O)[C@@H]1O. The topological polar surface area (TPSA) is 156 Å². The fraction of sp³-hybridized carbons (Fsp3) is 0.346. The maximum Gasteiger partial charge on any atom is 0.167 e. The monoisotopic (exact) mass is 516 g/mol. The molecule has 1 unspecified atom stereocenters. The lowest BCUT2D eigenvalue weighted by Crippen LogP contribution is -2.33. The van der Waals surface area contributed by atoms with Gasteiger partial charge in [-0.25, -0.2) is 19.6 Å². The maximum absolute atomic E-state index is 10.5. The van der Waals surface area contributed by atoms with E-state index in [1.165, 1.54) is 18.2 Å². The lowest BCUT2D eigenvalue weighted by atomic mass is 10.1. The van der Waals surface area contributed by atoms with E-state index in [1.54, 1.807) is 4.57 Å². The number of aromatic nitrogens is 7.